The zero-order valence-corrected chi connectivity index (χ0v) is 9.06. The topological polar surface area (TPSA) is 161 Å². The molecule has 0 saturated carbocycles. The van der Waals surface area contributed by atoms with E-state index in [1.807, 2.05) is 0 Å². The summed E-state index contributed by atoms with van der Waals surface area (Å²) in [5.74, 6) is 0. The Balaban J connectivity index is -0.0000000267. The van der Waals surface area contributed by atoms with Crippen LogP contribution in [0.1, 0.15) is 0 Å². The third kappa shape index (κ3) is 664. The van der Waals surface area contributed by atoms with Gasteiger partial charge in [-0.05, 0) is 0 Å². The summed E-state index contributed by atoms with van der Waals surface area (Å²) in [6.45, 7) is 0. The Morgan fingerprint density at radius 3 is 0.692 bits per heavy atom. The third-order valence-corrected chi connectivity index (χ3v) is 0. The first kappa shape index (κ1) is 29.3. The van der Waals surface area contributed by atoms with Crippen LogP contribution in [0.2, 0.25) is 0 Å². The van der Waals surface area contributed by atoms with Crippen molar-refractivity contribution in [2.24, 2.45) is 0 Å². The van der Waals surface area contributed by atoms with Crippen LogP contribution in [-0.2, 0) is 75.3 Å². The fourth-order valence-corrected chi connectivity index (χ4v) is 0. The number of hydrogen-bond acceptors (Lipinski definition) is 8. The summed E-state index contributed by atoms with van der Waals surface area (Å²) < 4.78 is 68.6. The van der Waals surface area contributed by atoms with E-state index >= 15 is 0 Å². The molecule has 0 amide bonds. The van der Waals surface area contributed by atoms with Gasteiger partial charge in [0.2, 0.25) is 0 Å². The van der Waals surface area contributed by atoms with Crippen molar-refractivity contribution in [1.29, 1.82) is 0 Å². The van der Waals surface area contributed by atoms with Crippen LogP contribution in [0.4, 0.5) is 0 Å². The van der Waals surface area contributed by atoms with Gasteiger partial charge in [-0.3, -0.25) is 0 Å². The van der Waals surface area contributed by atoms with Crippen LogP contribution in [0.3, 0.4) is 0 Å². The Kier molecular flexibility index (Phi) is 26.5. The SMILES string of the molecule is [Co+2].[LiH].[Ni+2].[O]=[Mn](=[O])([O-])[O-].[O]=[Mn](=[O])([O-])[O-]. The molecular formula is HCoLiMn2NiO8. The van der Waals surface area contributed by atoms with Crippen LogP contribution in [0.5, 0.6) is 0 Å². The van der Waals surface area contributed by atoms with Crippen LogP contribution >= 0.6 is 0 Å². The third-order valence-electron chi connectivity index (χ3n) is 0. The molecule has 0 aromatic heterocycles. The van der Waals surface area contributed by atoms with Crippen molar-refractivity contribution < 1.29 is 92.1 Å². The summed E-state index contributed by atoms with van der Waals surface area (Å²) in [7, 11) is 0. The Morgan fingerprint density at radius 1 is 0.692 bits per heavy atom. The second-order valence-corrected chi connectivity index (χ2v) is 3.12. The summed E-state index contributed by atoms with van der Waals surface area (Å²) in [4.78, 5) is 0. The van der Waals surface area contributed by atoms with Gasteiger partial charge >= 0.3 is 111 Å². The van der Waals surface area contributed by atoms with Crippen molar-refractivity contribution in [2.75, 3.05) is 0 Å². The summed E-state index contributed by atoms with van der Waals surface area (Å²) in [6, 6.07) is 0. The van der Waals surface area contributed by atoms with E-state index in [9.17, 15) is 0 Å². The van der Waals surface area contributed by atoms with Gasteiger partial charge in [0, 0.05) is 0 Å². The van der Waals surface area contributed by atoms with Crippen molar-refractivity contribution in [3.05, 3.63) is 0 Å². The van der Waals surface area contributed by atoms with Crippen molar-refractivity contribution >= 4 is 18.9 Å². The number of rotatable bonds is 0. The molecule has 0 N–H and O–H groups in total. The van der Waals surface area contributed by atoms with Gasteiger partial charge in [-0.15, -0.1) is 0 Å². The van der Waals surface area contributed by atoms with Gasteiger partial charge in [0.25, 0.3) is 0 Å². The van der Waals surface area contributed by atoms with E-state index in [1.54, 1.807) is 0 Å². The molecule has 13 heteroatoms. The normalized spacial score (nSPS) is 8.92. The van der Waals surface area contributed by atoms with E-state index in [4.69, 9.17) is 32.1 Å². The molecule has 1 radical (unpaired) electrons. The predicted molar refractivity (Wildman–Crippen MR) is 9.89 cm³/mol. The van der Waals surface area contributed by atoms with Gasteiger partial charge in [0.1, 0.15) is 0 Å². The van der Waals surface area contributed by atoms with E-state index in [2.05, 4.69) is 0 Å². The van der Waals surface area contributed by atoms with Crippen LogP contribution in [-0.4, -0.2) is 18.9 Å². The maximum absolute atomic E-state index is 8.58. The zero-order valence-electron chi connectivity index (χ0n) is 4.67. The molecule has 0 bridgehead atoms. The fraction of sp³-hybridized carbons (Fsp3) is 0. The standard InChI is InChI=1S/Co.Li.2Mn.Ni.8O.H/q+2;;;;+2;;;;;4*-1;. The summed E-state index contributed by atoms with van der Waals surface area (Å²) in [6.07, 6.45) is 0. The fourth-order valence-electron chi connectivity index (χ4n) is 0. The van der Waals surface area contributed by atoms with Crippen molar-refractivity contribution in [3.63, 3.8) is 0 Å². The van der Waals surface area contributed by atoms with Crippen LogP contribution in [0.25, 0.3) is 0 Å². The molecule has 0 rings (SSSR count). The van der Waals surface area contributed by atoms with Gasteiger partial charge in [0.05, 0.1) is 0 Å². The summed E-state index contributed by atoms with van der Waals surface area (Å²) >= 11 is -11.2. The van der Waals surface area contributed by atoms with Crippen molar-refractivity contribution in [1.82, 2.24) is 0 Å². The van der Waals surface area contributed by atoms with Gasteiger partial charge in [0.15, 0.2) is 0 Å². The molecule has 0 aromatic carbocycles. The van der Waals surface area contributed by atoms with Crippen molar-refractivity contribution in [2.45, 2.75) is 0 Å². The first-order chi connectivity index (χ1) is 4.00. The van der Waals surface area contributed by atoms with Crippen LogP contribution in [0, 0.1) is 0 Å². The molecule has 83 valence electrons. The molecule has 8 nitrogen and oxygen atoms in total. The van der Waals surface area contributed by atoms with E-state index in [1.165, 1.54) is 0 Å². The van der Waals surface area contributed by atoms with Gasteiger partial charge in [-0.1, -0.05) is 0 Å². The minimum atomic E-state index is -5.62. The molecule has 0 aliphatic rings. The molecule has 0 atom stereocenters. The first-order valence-corrected chi connectivity index (χ1v) is 5.09. The minimum absolute atomic E-state index is 0. The van der Waals surface area contributed by atoms with E-state index < -0.39 is 26.7 Å². The Morgan fingerprint density at radius 2 is 0.692 bits per heavy atom. The van der Waals surface area contributed by atoms with E-state index in [0.717, 1.165) is 0 Å². The van der Waals surface area contributed by atoms with Crippen LogP contribution < -0.4 is 16.8 Å². The second-order valence-electron chi connectivity index (χ2n) is 0.756. The molecule has 0 fully saturated rings. The molecule has 0 spiro atoms. The molecule has 0 heterocycles. The zero-order chi connectivity index (χ0) is 9.00. The molecule has 0 saturated heterocycles. The van der Waals surface area contributed by atoms with Gasteiger partial charge < -0.3 is 0 Å². The second kappa shape index (κ2) is 11.7. The molecule has 0 aliphatic carbocycles. The van der Waals surface area contributed by atoms with Crippen molar-refractivity contribution in [3.8, 4) is 0 Å². The molecule has 0 aromatic rings. The Labute approximate surface area is 110 Å². The van der Waals surface area contributed by atoms with E-state index in [0.29, 0.717) is 0 Å². The molecule has 0 aliphatic heterocycles. The predicted octanol–water partition coefficient (Wildman–Crippen LogP) is -5.89. The van der Waals surface area contributed by atoms with Gasteiger partial charge in [-0.2, -0.15) is 0 Å². The summed E-state index contributed by atoms with van der Waals surface area (Å²) in [5.41, 5.74) is 0. The maximum atomic E-state index is 8.58. The Hall–Kier alpha value is 1.68. The molecule has 0 unspecified atom stereocenters. The quantitative estimate of drug-likeness (QED) is 0.384. The first-order valence-electron chi connectivity index (χ1n) is 1.23. The van der Waals surface area contributed by atoms with Gasteiger partial charge in [-0.25, -0.2) is 0 Å². The van der Waals surface area contributed by atoms with Crippen LogP contribution in [0.15, 0.2) is 0 Å². The van der Waals surface area contributed by atoms with E-state index in [-0.39, 0.29) is 52.1 Å². The Bertz CT molecular complexity index is 219. The average Bonchev–Trinajstić information content (AvgIpc) is 1.12. The number of hydrogen-bond donors (Lipinski definition) is 0. The molecule has 13 heavy (non-hydrogen) atoms. The monoisotopic (exact) mass is 363 g/mol. The summed E-state index contributed by atoms with van der Waals surface area (Å²) in [5, 5.41) is 0. The average molecular weight is 363 g/mol. The molecular weight excluding hydrogens is 362 g/mol.